The van der Waals surface area contributed by atoms with E-state index in [4.69, 9.17) is 28.5 Å². The van der Waals surface area contributed by atoms with Gasteiger partial charge in [0.05, 0.1) is 30.2 Å². The van der Waals surface area contributed by atoms with Crippen molar-refractivity contribution < 1.29 is 28.3 Å². The zero-order valence-electron chi connectivity index (χ0n) is 16.6. The van der Waals surface area contributed by atoms with Crippen LogP contribution in [0.15, 0.2) is 48.4 Å². The van der Waals surface area contributed by atoms with Gasteiger partial charge in [-0.3, -0.25) is 4.46 Å². The molecule has 0 bridgehead atoms. The van der Waals surface area contributed by atoms with E-state index in [9.17, 15) is 4.79 Å². The fourth-order valence-corrected chi connectivity index (χ4v) is 4.49. The van der Waals surface area contributed by atoms with E-state index in [2.05, 4.69) is 29.8 Å². The fourth-order valence-electron chi connectivity index (χ4n) is 4.49. The van der Waals surface area contributed by atoms with Gasteiger partial charge in [0.15, 0.2) is 0 Å². The summed E-state index contributed by atoms with van der Waals surface area (Å²) in [6.07, 6.45) is 4.57. The predicted octanol–water partition coefficient (Wildman–Crippen LogP) is 1.79. The van der Waals surface area contributed by atoms with Crippen LogP contribution < -0.4 is 0 Å². The molecule has 156 valence electrons. The Morgan fingerprint density at radius 1 is 1.30 bits per heavy atom. The highest BCUT2D eigenvalue weighted by Crippen LogP contribution is 2.42. The minimum Gasteiger partial charge on any atom is -0.511 e. The molecule has 0 unspecified atom stereocenters. The molecule has 0 aromatic heterocycles. The van der Waals surface area contributed by atoms with Crippen molar-refractivity contribution in [3.63, 3.8) is 0 Å². The molecule has 30 heavy (non-hydrogen) atoms. The Bertz CT molecular complexity index is 1120. The van der Waals surface area contributed by atoms with Crippen LogP contribution >= 0.6 is 0 Å². The van der Waals surface area contributed by atoms with Gasteiger partial charge in [0, 0.05) is 41.2 Å². The number of carbonyl (C=O) groups excluding carboxylic acids is 1. The van der Waals surface area contributed by atoms with Crippen LogP contribution in [0.25, 0.3) is 22.2 Å². The van der Waals surface area contributed by atoms with Crippen molar-refractivity contribution in [2.45, 2.75) is 26.0 Å². The molecule has 1 aromatic carbocycles. The molecule has 0 radical (unpaired) electrons. The molecular formula is C21H22N2O6Si. The smallest absolute Gasteiger partial charge is 0.511 e. The largest absolute Gasteiger partial charge is 0.761 e. The summed E-state index contributed by atoms with van der Waals surface area (Å²) in [4.78, 5) is 31.5. The van der Waals surface area contributed by atoms with Gasteiger partial charge in [-0.15, -0.1) is 0 Å². The first-order chi connectivity index (χ1) is 14.4. The van der Waals surface area contributed by atoms with Gasteiger partial charge in [-0.05, 0) is 25.5 Å². The monoisotopic (exact) mass is 426 g/mol. The van der Waals surface area contributed by atoms with Gasteiger partial charge in [0.25, 0.3) is 0 Å². The van der Waals surface area contributed by atoms with Crippen LogP contribution in [0, 0.1) is 11.8 Å². The van der Waals surface area contributed by atoms with E-state index in [-0.39, 0.29) is 23.9 Å². The first kappa shape index (κ1) is 20.1. The van der Waals surface area contributed by atoms with Crippen molar-refractivity contribution in [3.8, 4) is 11.3 Å². The van der Waals surface area contributed by atoms with E-state index in [1.807, 2.05) is 18.2 Å². The number of nitrogens with zero attached hydrogens (tertiary/aromatic N) is 2. The van der Waals surface area contributed by atoms with Gasteiger partial charge in [0.2, 0.25) is 0 Å². The molecule has 0 spiro atoms. The molecular weight excluding hydrogens is 404 g/mol. The molecule has 4 heterocycles. The number of para-hydroxylation sites is 1. The maximum Gasteiger partial charge on any atom is 0.761 e. The van der Waals surface area contributed by atoms with Crippen molar-refractivity contribution in [1.29, 1.82) is 0 Å². The number of hydrogen-bond acceptors (Lipinski definition) is 5. The molecule has 2 N–H and O–H groups in total. The summed E-state index contributed by atoms with van der Waals surface area (Å²) in [6, 6.07) is 10.4. The lowest BCUT2D eigenvalue weighted by Gasteiger charge is -2.41. The Labute approximate surface area is 174 Å². The number of ether oxygens (including phenoxy) is 2. The number of fused-ring (bicyclic) bond motifs is 6. The maximum absolute atomic E-state index is 12.3. The molecule has 8 nitrogen and oxygen atoms in total. The number of benzene rings is 1. The van der Waals surface area contributed by atoms with Gasteiger partial charge in [0.1, 0.15) is 6.10 Å². The van der Waals surface area contributed by atoms with E-state index in [0.29, 0.717) is 5.57 Å². The lowest BCUT2D eigenvalue weighted by molar-refractivity contribution is -0.138. The molecule has 0 amide bonds. The number of rotatable bonds is 1. The highest BCUT2D eigenvalue weighted by molar-refractivity contribution is 6.22. The topological polar surface area (TPSA) is 111 Å². The minimum absolute atomic E-state index is 0.0662. The quantitative estimate of drug-likeness (QED) is 0.451. The summed E-state index contributed by atoms with van der Waals surface area (Å²) in [6.45, 7) is 2.88. The van der Waals surface area contributed by atoms with Gasteiger partial charge in [-0.2, -0.15) is 0 Å². The second-order valence-electron chi connectivity index (χ2n) is 7.47. The van der Waals surface area contributed by atoms with Gasteiger partial charge in [-0.25, -0.2) is 9.78 Å². The number of hydrogen-bond donors (Lipinski definition) is 2. The number of methoxy groups -OCH3 is 1. The Balaban J connectivity index is 0.000000503. The fraction of sp³-hybridized carbons (Fsp3) is 0.333. The Morgan fingerprint density at radius 2 is 2.03 bits per heavy atom. The molecule has 3 atom stereocenters. The van der Waals surface area contributed by atoms with Gasteiger partial charge < -0.3 is 23.6 Å². The number of esters is 1. The van der Waals surface area contributed by atoms with Crippen LogP contribution in [0.2, 0.25) is 0 Å². The second-order valence-corrected chi connectivity index (χ2v) is 8.03. The Hall–Kier alpha value is -3.20. The molecule has 0 fully saturated rings. The maximum atomic E-state index is 12.3. The summed E-state index contributed by atoms with van der Waals surface area (Å²) in [5.41, 5.74) is 5.05. The van der Waals surface area contributed by atoms with Crippen LogP contribution in [-0.2, 0) is 31.7 Å². The molecule has 5 rings (SSSR count). The van der Waals surface area contributed by atoms with E-state index in [0.717, 1.165) is 24.2 Å². The zero-order chi connectivity index (χ0) is 21.4. The van der Waals surface area contributed by atoms with Crippen LogP contribution in [0.1, 0.15) is 12.6 Å². The SMILES string of the molecule is COC(=O)C1=CO[C@@H](C)[C@H]2Cn3ccc4c5ccccc5nc-4c3C[C@H]12.O=[Si](O)O. The highest BCUT2D eigenvalue weighted by atomic mass is 28.3. The van der Waals surface area contributed by atoms with Gasteiger partial charge in [-0.1, -0.05) is 18.2 Å². The average molecular weight is 427 g/mol. The van der Waals surface area contributed by atoms with E-state index < -0.39 is 9.17 Å². The minimum atomic E-state index is -3.13. The second kappa shape index (κ2) is 7.90. The molecule has 9 heteroatoms. The third-order valence-electron chi connectivity index (χ3n) is 5.89. The molecule has 0 aliphatic carbocycles. The lowest BCUT2D eigenvalue weighted by Crippen LogP contribution is -2.42. The Morgan fingerprint density at radius 3 is 2.77 bits per heavy atom. The van der Waals surface area contributed by atoms with Crippen LogP contribution in [0.5, 0.6) is 0 Å². The summed E-state index contributed by atoms with van der Waals surface area (Å²) in [5, 5.41) is 1.18. The highest BCUT2D eigenvalue weighted by Gasteiger charge is 2.42. The van der Waals surface area contributed by atoms with E-state index in [1.165, 1.54) is 23.8 Å². The third-order valence-corrected chi connectivity index (χ3v) is 5.89. The molecule has 0 saturated heterocycles. The summed E-state index contributed by atoms with van der Waals surface area (Å²) in [7, 11) is -1.71. The summed E-state index contributed by atoms with van der Waals surface area (Å²) in [5.74, 6) is 0.0400. The van der Waals surface area contributed by atoms with Crippen LogP contribution in [0.3, 0.4) is 0 Å². The van der Waals surface area contributed by atoms with Gasteiger partial charge >= 0.3 is 15.1 Å². The van der Waals surface area contributed by atoms with E-state index in [1.54, 1.807) is 6.26 Å². The van der Waals surface area contributed by atoms with Crippen LogP contribution in [0.4, 0.5) is 0 Å². The normalized spacial score (nSPS) is 22.1. The van der Waals surface area contributed by atoms with Crippen molar-refractivity contribution in [2.24, 2.45) is 11.8 Å². The first-order valence-electron chi connectivity index (χ1n) is 9.63. The molecule has 0 saturated carbocycles. The summed E-state index contributed by atoms with van der Waals surface area (Å²) < 4.78 is 21.7. The van der Waals surface area contributed by atoms with E-state index >= 15 is 0 Å². The predicted molar refractivity (Wildman–Crippen MR) is 109 cm³/mol. The average Bonchev–Trinajstić information content (AvgIpc) is 3.11. The van der Waals surface area contributed by atoms with Crippen molar-refractivity contribution in [2.75, 3.05) is 7.11 Å². The summed E-state index contributed by atoms with van der Waals surface area (Å²) >= 11 is 0. The van der Waals surface area contributed by atoms with Crippen molar-refractivity contribution >= 4 is 26.0 Å². The Kier molecular flexibility index (Phi) is 5.29. The molecule has 4 aliphatic heterocycles. The zero-order valence-corrected chi connectivity index (χ0v) is 17.6. The number of carbonyl (C=O) groups is 1. The standard InChI is InChI=1S/C21H20N2O3.H2O3Si/c1-12-16-10-23-8-7-14-13-5-3-4-6-18(13)22-20(14)19(23)9-15(16)17(11-26-12)21(24)25-2;1-4(2)3/h3-8,11-12,15-16H,9-10H2,1-2H3;1-2H/t12-,15-,16+;/m0./s1. The lowest BCUT2D eigenvalue weighted by atomic mass is 9.75. The molecule has 1 aromatic rings. The van der Waals surface area contributed by atoms with Crippen molar-refractivity contribution in [3.05, 3.63) is 54.1 Å². The van der Waals surface area contributed by atoms with Crippen LogP contribution in [-0.4, -0.2) is 47.5 Å². The number of pyridine rings is 1. The third kappa shape index (κ3) is 3.45. The number of aromatic nitrogens is 2. The molecule has 4 aliphatic rings. The van der Waals surface area contributed by atoms with Crippen molar-refractivity contribution in [1.82, 2.24) is 9.55 Å². The first-order valence-corrected chi connectivity index (χ1v) is 10.9.